The molecule has 1 amide bonds. The molecule has 1 rings (SSSR count). The number of aryl methyl sites for hydroxylation is 1. The van der Waals surface area contributed by atoms with Crippen LogP contribution in [0.2, 0.25) is 0 Å². The Morgan fingerprint density at radius 3 is 2.93 bits per heavy atom. The molecule has 0 aliphatic carbocycles. The molecule has 0 spiro atoms. The maximum atomic E-state index is 11.5. The third-order valence-corrected chi connectivity index (χ3v) is 3.21. The van der Waals surface area contributed by atoms with E-state index in [4.69, 9.17) is 10.5 Å². The van der Waals surface area contributed by atoms with E-state index in [0.717, 1.165) is 4.88 Å². The number of thiophene rings is 1. The molecule has 5 heteroatoms. The summed E-state index contributed by atoms with van der Waals surface area (Å²) in [6.07, 6.45) is -0.551. The van der Waals surface area contributed by atoms with Crippen LogP contribution >= 0.6 is 11.3 Å². The molecule has 1 heterocycles. The number of nitrogens with two attached hydrogens (primary N) is 1. The minimum absolute atomic E-state index is 0.159. The van der Waals surface area contributed by atoms with Gasteiger partial charge in [0.2, 0.25) is 0 Å². The Bertz CT molecular complexity index is 321. The van der Waals surface area contributed by atoms with Gasteiger partial charge in [0.25, 0.3) is 5.91 Å². The molecule has 4 nitrogen and oxygen atoms in total. The van der Waals surface area contributed by atoms with Gasteiger partial charge in [-0.15, -0.1) is 11.3 Å². The van der Waals surface area contributed by atoms with Crippen LogP contribution in [0.15, 0.2) is 11.4 Å². The van der Waals surface area contributed by atoms with Crippen LogP contribution in [0.4, 0.5) is 0 Å². The number of nitrogens with one attached hydrogen (secondary N) is 1. The lowest BCUT2D eigenvalue weighted by Crippen LogP contribution is -2.40. The maximum Gasteiger partial charge on any atom is 0.250 e. The highest BCUT2D eigenvalue weighted by Crippen LogP contribution is 2.14. The monoisotopic (exact) mass is 228 g/mol. The number of hydrogen-bond acceptors (Lipinski definition) is 4. The number of amides is 1. The van der Waals surface area contributed by atoms with Crippen LogP contribution in [0, 0.1) is 6.92 Å². The molecular weight excluding hydrogens is 212 g/mol. The molecule has 1 atom stereocenters. The van der Waals surface area contributed by atoms with Gasteiger partial charge < -0.3 is 15.8 Å². The molecule has 0 saturated heterocycles. The first kappa shape index (κ1) is 12.2. The average Bonchev–Trinajstić information content (AvgIpc) is 2.63. The van der Waals surface area contributed by atoms with Crippen molar-refractivity contribution in [2.24, 2.45) is 5.73 Å². The normalized spacial score (nSPS) is 12.5. The fraction of sp³-hybridized carbons (Fsp3) is 0.500. The van der Waals surface area contributed by atoms with Gasteiger partial charge in [-0.05, 0) is 23.9 Å². The van der Waals surface area contributed by atoms with Gasteiger partial charge in [0, 0.05) is 18.5 Å². The van der Waals surface area contributed by atoms with Crippen LogP contribution in [0.1, 0.15) is 10.4 Å². The van der Waals surface area contributed by atoms with Crippen molar-refractivity contribution in [2.45, 2.75) is 19.6 Å². The van der Waals surface area contributed by atoms with Crippen molar-refractivity contribution >= 4 is 17.2 Å². The summed E-state index contributed by atoms with van der Waals surface area (Å²) in [5.74, 6) is -0.159. The summed E-state index contributed by atoms with van der Waals surface area (Å²) >= 11 is 1.63. The molecule has 0 bridgehead atoms. The summed E-state index contributed by atoms with van der Waals surface area (Å²) in [7, 11) is 1.48. The summed E-state index contributed by atoms with van der Waals surface area (Å²) < 4.78 is 4.93. The SMILES string of the molecule is COC(CN)C(=O)NCc1sccc1C. The van der Waals surface area contributed by atoms with E-state index >= 15 is 0 Å². The number of carbonyl (C=O) groups excluding carboxylic acids is 1. The lowest BCUT2D eigenvalue weighted by Gasteiger charge is -2.12. The highest BCUT2D eigenvalue weighted by molar-refractivity contribution is 7.10. The maximum absolute atomic E-state index is 11.5. The minimum atomic E-state index is -0.551. The molecule has 0 aliphatic heterocycles. The van der Waals surface area contributed by atoms with E-state index < -0.39 is 6.10 Å². The number of carbonyl (C=O) groups is 1. The van der Waals surface area contributed by atoms with Gasteiger partial charge in [-0.3, -0.25) is 4.79 Å². The standard InChI is InChI=1S/C10H16N2O2S/c1-7-3-4-15-9(7)6-12-10(13)8(5-11)14-2/h3-4,8H,5-6,11H2,1-2H3,(H,12,13). The zero-order valence-electron chi connectivity index (χ0n) is 8.95. The van der Waals surface area contributed by atoms with E-state index in [2.05, 4.69) is 5.32 Å². The Balaban J connectivity index is 2.43. The molecule has 1 aromatic heterocycles. The van der Waals surface area contributed by atoms with E-state index in [0.29, 0.717) is 6.54 Å². The molecule has 3 N–H and O–H groups in total. The van der Waals surface area contributed by atoms with E-state index in [1.165, 1.54) is 12.7 Å². The van der Waals surface area contributed by atoms with E-state index in [1.54, 1.807) is 11.3 Å². The van der Waals surface area contributed by atoms with Crippen LogP contribution in [-0.4, -0.2) is 25.7 Å². The number of methoxy groups -OCH3 is 1. The van der Waals surface area contributed by atoms with Gasteiger partial charge in [0.15, 0.2) is 0 Å². The number of hydrogen-bond donors (Lipinski definition) is 2. The molecule has 15 heavy (non-hydrogen) atoms. The van der Waals surface area contributed by atoms with Gasteiger partial charge in [0.05, 0.1) is 6.54 Å². The molecule has 0 aromatic carbocycles. The molecule has 0 aliphatic rings. The largest absolute Gasteiger partial charge is 0.370 e. The lowest BCUT2D eigenvalue weighted by molar-refractivity contribution is -0.130. The molecule has 1 unspecified atom stereocenters. The number of ether oxygens (including phenoxy) is 1. The zero-order valence-corrected chi connectivity index (χ0v) is 9.76. The van der Waals surface area contributed by atoms with Crippen molar-refractivity contribution in [1.29, 1.82) is 0 Å². The number of rotatable bonds is 5. The molecule has 0 fully saturated rings. The van der Waals surface area contributed by atoms with Crippen LogP contribution in [-0.2, 0) is 16.1 Å². The zero-order chi connectivity index (χ0) is 11.3. The third-order valence-electron chi connectivity index (χ3n) is 2.18. The van der Waals surface area contributed by atoms with Gasteiger partial charge in [-0.25, -0.2) is 0 Å². The van der Waals surface area contributed by atoms with E-state index in [1.807, 2.05) is 18.4 Å². The Hall–Kier alpha value is -0.910. The van der Waals surface area contributed by atoms with E-state index in [-0.39, 0.29) is 12.5 Å². The Morgan fingerprint density at radius 2 is 2.47 bits per heavy atom. The second kappa shape index (κ2) is 5.85. The van der Waals surface area contributed by atoms with E-state index in [9.17, 15) is 4.79 Å². The fourth-order valence-electron chi connectivity index (χ4n) is 1.18. The predicted molar refractivity (Wildman–Crippen MR) is 60.8 cm³/mol. The first-order valence-electron chi connectivity index (χ1n) is 4.72. The van der Waals surface area contributed by atoms with Crippen molar-refractivity contribution in [3.05, 3.63) is 21.9 Å². The van der Waals surface area contributed by atoms with Gasteiger partial charge in [-0.2, -0.15) is 0 Å². The first-order valence-corrected chi connectivity index (χ1v) is 5.60. The smallest absolute Gasteiger partial charge is 0.250 e. The Labute approximate surface area is 93.4 Å². The quantitative estimate of drug-likeness (QED) is 0.777. The summed E-state index contributed by atoms with van der Waals surface area (Å²) in [6.45, 7) is 2.77. The summed E-state index contributed by atoms with van der Waals surface area (Å²) in [6, 6.07) is 2.03. The summed E-state index contributed by atoms with van der Waals surface area (Å²) in [5.41, 5.74) is 6.58. The van der Waals surface area contributed by atoms with Crippen molar-refractivity contribution in [3.8, 4) is 0 Å². The second-order valence-corrected chi connectivity index (χ2v) is 4.21. The molecule has 84 valence electrons. The van der Waals surface area contributed by atoms with Crippen LogP contribution < -0.4 is 11.1 Å². The topological polar surface area (TPSA) is 64.3 Å². The molecule has 1 aromatic rings. The fourth-order valence-corrected chi connectivity index (χ4v) is 2.02. The van der Waals surface area contributed by atoms with Gasteiger partial charge in [0.1, 0.15) is 6.10 Å². The minimum Gasteiger partial charge on any atom is -0.370 e. The van der Waals surface area contributed by atoms with Crippen molar-refractivity contribution < 1.29 is 9.53 Å². The van der Waals surface area contributed by atoms with Crippen molar-refractivity contribution in [3.63, 3.8) is 0 Å². The highest BCUT2D eigenvalue weighted by atomic mass is 32.1. The molecule has 0 saturated carbocycles. The average molecular weight is 228 g/mol. The Morgan fingerprint density at radius 1 is 1.73 bits per heavy atom. The first-order chi connectivity index (χ1) is 7.19. The molecule has 0 radical (unpaired) electrons. The van der Waals surface area contributed by atoms with Gasteiger partial charge >= 0.3 is 0 Å². The van der Waals surface area contributed by atoms with Crippen LogP contribution in [0.5, 0.6) is 0 Å². The predicted octanol–water partition coefficient (Wildman–Crippen LogP) is 0.646. The summed E-state index contributed by atoms with van der Waals surface area (Å²) in [4.78, 5) is 12.7. The van der Waals surface area contributed by atoms with Crippen LogP contribution in [0.3, 0.4) is 0 Å². The lowest BCUT2D eigenvalue weighted by atomic mass is 10.3. The van der Waals surface area contributed by atoms with Crippen molar-refractivity contribution in [1.82, 2.24) is 5.32 Å². The summed E-state index contributed by atoms with van der Waals surface area (Å²) in [5, 5.41) is 4.80. The van der Waals surface area contributed by atoms with Crippen LogP contribution in [0.25, 0.3) is 0 Å². The third kappa shape index (κ3) is 3.30. The molecular formula is C10H16N2O2S. The van der Waals surface area contributed by atoms with Gasteiger partial charge in [-0.1, -0.05) is 0 Å². The Kier molecular flexibility index (Phi) is 4.74. The highest BCUT2D eigenvalue weighted by Gasteiger charge is 2.15. The van der Waals surface area contributed by atoms with Crippen molar-refractivity contribution in [2.75, 3.05) is 13.7 Å². The second-order valence-electron chi connectivity index (χ2n) is 3.20.